The van der Waals surface area contributed by atoms with E-state index in [1.807, 2.05) is 61.5 Å². The molecule has 2 aliphatic rings. The zero-order chi connectivity index (χ0) is 25.1. The SMILES string of the molecule is CC1=C(C(=O)Nc2ccc(F)cc2)[C@H](c2ccc(OCc3ccccc3)cc2)C2=C(CCCC2=O)N1. The highest BCUT2D eigenvalue weighted by molar-refractivity contribution is 6.09. The lowest BCUT2D eigenvalue weighted by molar-refractivity contribution is -0.116. The van der Waals surface area contributed by atoms with Gasteiger partial charge in [0.15, 0.2) is 5.78 Å². The number of amides is 1. The molecule has 0 bridgehead atoms. The molecule has 1 heterocycles. The topological polar surface area (TPSA) is 67.4 Å². The molecule has 0 spiro atoms. The Balaban J connectivity index is 1.45. The second-order valence-corrected chi connectivity index (χ2v) is 9.07. The van der Waals surface area contributed by atoms with Gasteiger partial charge in [0, 0.05) is 40.6 Å². The summed E-state index contributed by atoms with van der Waals surface area (Å²) in [4.78, 5) is 26.6. The first-order valence-electron chi connectivity index (χ1n) is 12.1. The van der Waals surface area contributed by atoms with Crippen molar-refractivity contribution < 1.29 is 18.7 Å². The van der Waals surface area contributed by atoms with Crippen molar-refractivity contribution in [3.05, 3.63) is 118 Å². The molecular formula is C30H27FN2O3. The molecule has 3 aromatic carbocycles. The number of hydrogen-bond donors (Lipinski definition) is 2. The predicted octanol–water partition coefficient (Wildman–Crippen LogP) is 6.01. The standard InChI is InChI=1S/C30H27FN2O3/c1-19-27(30(35)33-23-14-12-22(31)13-15-23)28(29-25(32-19)8-5-9-26(29)34)21-10-16-24(17-11-21)36-18-20-6-3-2-4-7-20/h2-4,6-7,10-17,28,32H,5,8-9,18H2,1H3,(H,33,35)/t28-/m0/s1. The fourth-order valence-electron chi connectivity index (χ4n) is 4.85. The quantitative estimate of drug-likeness (QED) is 0.452. The van der Waals surface area contributed by atoms with Gasteiger partial charge >= 0.3 is 0 Å². The summed E-state index contributed by atoms with van der Waals surface area (Å²) in [6, 6.07) is 23.1. The number of anilines is 1. The van der Waals surface area contributed by atoms with Gasteiger partial charge in [0.05, 0.1) is 0 Å². The molecule has 0 unspecified atom stereocenters. The molecule has 36 heavy (non-hydrogen) atoms. The van der Waals surface area contributed by atoms with Crippen molar-refractivity contribution in [3.8, 4) is 5.75 Å². The summed E-state index contributed by atoms with van der Waals surface area (Å²) in [5.74, 6) is -0.446. The Kier molecular flexibility index (Phi) is 6.67. The summed E-state index contributed by atoms with van der Waals surface area (Å²) in [6.07, 6.45) is 2.01. The first-order valence-corrected chi connectivity index (χ1v) is 12.1. The van der Waals surface area contributed by atoms with Crippen molar-refractivity contribution in [1.82, 2.24) is 5.32 Å². The van der Waals surface area contributed by atoms with Gasteiger partial charge in [0.2, 0.25) is 0 Å². The van der Waals surface area contributed by atoms with Gasteiger partial charge in [-0.1, -0.05) is 42.5 Å². The molecule has 1 atom stereocenters. The van der Waals surface area contributed by atoms with E-state index in [9.17, 15) is 14.0 Å². The van der Waals surface area contributed by atoms with Crippen LogP contribution in [-0.2, 0) is 16.2 Å². The summed E-state index contributed by atoms with van der Waals surface area (Å²) in [6.45, 7) is 2.30. The fourth-order valence-corrected chi connectivity index (χ4v) is 4.85. The number of carbonyl (C=O) groups excluding carboxylic acids is 2. The van der Waals surface area contributed by atoms with E-state index in [0.29, 0.717) is 41.3 Å². The number of ether oxygens (including phenoxy) is 1. The van der Waals surface area contributed by atoms with Crippen LogP contribution in [0.5, 0.6) is 5.75 Å². The van der Waals surface area contributed by atoms with Crippen molar-refractivity contribution in [2.24, 2.45) is 0 Å². The largest absolute Gasteiger partial charge is 0.489 e. The molecule has 0 aromatic heterocycles. The summed E-state index contributed by atoms with van der Waals surface area (Å²) in [7, 11) is 0. The molecular weight excluding hydrogens is 455 g/mol. The first-order chi connectivity index (χ1) is 17.5. The van der Waals surface area contributed by atoms with Gasteiger partial charge < -0.3 is 15.4 Å². The molecule has 0 saturated heterocycles. The minimum Gasteiger partial charge on any atom is -0.489 e. The third-order valence-corrected chi connectivity index (χ3v) is 6.58. The predicted molar refractivity (Wildman–Crippen MR) is 137 cm³/mol. The Morgan fingerprint density at radius 1 is 1.00 bits per heavy atom. The number of ketones is 1. The molecule has 2 N–H and O–H groups in total. The normalized spacial score (nSPS) is 17.4. The third kappa shape index (κ3) is 4.93. The molecule has 182 valence electrons. The molecule has 5 nitrogen and oxygen atoms in total. The lowest BCUT2D eigenvalue weighted by atomic mass is 9.75. The van der Waals surface area contributed by atoms with Gasteiger partial charge in [0.1, 0.15) is 18.2 Å². The van der Waals surface area contributed by atoms with Gasteiger partial charge in [0.25, 0.3) is 5.91 Å². The van der Waals surface area contributed by atoms with E-state index in [4.69, 9.17) is 4.74 Å². The van der Waals surface area contributed by atoms with Crippen molar-refractivity contribution in [2.75, 3.05) is 5.32 Å². The summed E-state index contributed by atoms with van der Waals surface area (Å²) in [5, 5.41) is 6.18. The maximum atomic E-state index is 13.5. The number of rotatable bonds is 6. The smallest absolute Gasteiger partial charge is 0.254 e. The van der Waals surface area contributed by atoms with Crippen LogP contribution in [-0.4, -0.2) is 11.7 Å². The number of dihydropyridines is 1. The van der Waals surface area contributed by atoms with Gasteiger partial charge in [-0.25, -0.2) is 4.39 Å². The van der Waals surface area contributed by atoms with E-state index in [1.165, 1.54) is 24.3 Å². The van der Waals surface area contributed by atoms with Crippen LogP contribution in [0.25, 0.3) is 0 Å². The van der Waals surface area contributed by atoms with Crippen molar-refractivity contribution in [2.45, 2.75) is 38.7 Å². The average Bonchev–Trinajstić information content (AvgIpc) is 2.89. The number of carbonyl (C=O) groups is 2. The molecule has 5 rings (SSSR count). The highest BCUT2D eigenvalue weighted by Gasteiger charge is 2.38. The maximum absolute atomic E-state index is 13.5. The number of Topliss-reactive ketones (excluding diaryl/α,β-unsaturated/α-hetero) is 1. The molecule has 1 aliphatic heterocycles. The molecule has 3 aromatic rings. The Hall–Kier alpha value is -4.19. The van der Waals surface area contributed by atoms with Gasteiger partial charge in [-0.2, -0.15) is 0 Å². The molecule has 1 aliphatic carbocycles. The maximum Gasteiger partial charge on any atom is 0.254 e. The van der Waals surface area contributed by atoms with Crippen LogP contribution in [0, 0.1) is 5.82 Å². The zero-order valence-electron chi connectivity index (χ0n) is 20.0. The van der Waals surface area contributed by atoms with Crippen molar-refractivity contribution in [3.63, 3.8) is 0 Å². The van der Waals surface area contributed by atoms with Crippen LogP contribution >= 0.6 is 0 Å². The first kappa shape index (κ1) is 23.5. The zero-order valence-corrected chi connectivity index (χ0v) is 20.0. The highest BCUT2D eigenvalue weighted by atomic mass is 19.1. The van der Waals surface area contributed by atoms with Crippen molar-refractivity contribution >= 4 is 17.4 Å². The Morgan fingerprint density at radius 2 is 1.72 bits per heavy atom. The fraction of sp³-hybridized carbons (Fsp3) is 0.200. The number of halogens is 1. The highest BCUT2D eigenvalue weighted by Crippen LogP contribution is 2.42. The Morgan fingerprint density at radius 3 is 2.44 bits per heavy atom. The number of nitrogens with one attached hydrogen (secondary N) is 2. The van der Waals surface area contributed by atoms with Crippen LogP contribution in [0.4, 0.5) is 10.1 Å². The van der Waals surface area contributed by atoms with Crippen LogP contribution in [0.3, 0.4) is 0 Å². The van der Waals surface area contributed by atoms with Gasteiger partial charge in [-0.05, 0) is 67.3 Å². The molecule has 1 amide bonds. The summed E-state index contributed by atoms with van der Waals surface area (Å²) >= 11 is 0. The van der Waals surface area contributed by atoms with Crippen LogP contribution in [0.15, 0.2) is 101 Å². The number of hydrogen-bond acceptors (Lipinski definition) is 4. The number of benzene rings is 3. The van der Waals surface area contributed by atoms with Gasteiger partial charge in [-0.15, -0.1) is 0 Å². The van der Waals surface area contributed by atoms with Crippen molar-refractivity contribution in [1.29, 1.82) is 0 Å². The van der Waals surface area contributed by atoms with E-state index >= 15 is 0 Å². The van der Waals surface area contributed by atoms with E-state index in [2.05, 4.69) is 10.6 Å². The lowest BCUT2D eigenvalue weighted by Crippen LogP contribution is -2.35. The van der Waals surface area contributed by atoms with E-state index in [-0.39, 0.29) is 17.5 Å². The Labute approximate surface area is 209 Å². The monoisotopic (exact) mass is 482 g/mol. The molecule has 0 saturated carbocycles. The molecule has 0 fully saturated rings. The van der Waals surface area contributed by atoms with E-state index < -0.39 is 5.92 Å². The number of allylic oxidation sites excluding steroid dienone is 3. The van der Waals surface area contributed by atoms with Crippen LogP contribution in [0.1, 0.15) is 43.2 Å². The summed E-state index contributed by atoms with van der Waals surface area (Å²) < 4.78 is 19.3. The minimum absolute atomic E-state index is 0.0535. The average molecular weight is 483 g/mol. The van der Waals surface area contributed by atoms with E-state index in [0.717, 1.165) is 29.7 Å². The van der Waals surface area contributed by atoms with E-state index in [1.54, 1.807) is 0 Å². The molecule has 6 heteroatoms. The van der Waals surface area contributed by atoms with Gasteiger partial charge in [-0.3, -0.25) is 9.59 Å². The summed E-state index contributed by atoms with van der Waals surface area (Å²) in [5.41, 5.74) is 5.12. The second-order valence-electron chi connectivity index (χ2n) is 9.07. The molecule has 0 radical (unpaired) electrons. The second kappa shape index (κ2) is 10.2. The Bertz CT molecular complexity index is 1340. The van der Waals surface area contributed by atoms with Crippen LogP contribution < -0.4 is 15.4 Å². The lowest BCUT2D eigenvalue weighted by Gasteiger charge is -2.34. The minimum atomic E-state index is -0.502. The van der Waals surface area contributed by atoms with Crippen LogP contribution in [0.2, 0.25) is 0 Å². The third-order valence-electron chi connectivity index (χ3n) is 6.58.